The number of nitrogens with zero attached hydrogens (tertiary/aromatic N) is 2. The van der Waals surface area contributed by atoms with Crippen LogP contribution in [-0.2, 0) is 10.0 Å². The summed E-state index contributed by atoms with van der Waals surface area (Å²) in [6.07, 6.45) is 4.82. The minimum Gasteiger partial charge on any atom is -0.318 e. The highest BCUT2D eigenvalue weighted by Gasteiger charge is 2.43. The van der Waals surface area contributed by atoms with Crippen molar-refractivity contribution in [3.8, 4) is 0 Å². The molecule has 0 aliphatic carbocycles. The third kappa shape index (κ3) is 2.28. The fourth-order valence-corrected chi connectivity index (χ4v) is 4.43. The van der Waals surface area contributed by atoms with Crippen LogP contribution >= 0.6 is 0 Å². The van der Waals surface area contributed by atoms with Gasteiger partial charge in [0, 0.05) is 31.0 Å². The lowest BCUT2D eigenvalue weighted by molar-refractivity contribution is 0.260. The lowest BCUT2D eigenvalue weighted by atomic mass is 10.0. The fourth-order valence-electron chi connectivity index (χ4n) is 2.60. The molecular formula is C12H19N3O2S. The van der Waals surface area contributed by atoms with E-state index in [9.17, 15) is 8.42 Å². The van der Waals surface area contributed by atoms with Gasteiger partial charge in [-0.25, -0.2) is 8.42 Å². The summed E-state index contributed by atoms with van der Waals surface area (Å²) in [7, 11) is -1.57. The Morgan fingerprint density at radius 2 is 2.11 bits per heavy atom. The Balaban J connectivity index is 2.36. The van der Waals surface area contributed by atoms with Gasteiger partial charge in [0.25, 0.3) is 0 Å². The van der Waals surface area contributed by atoms with Crippen LogP contribution in [0.25, 0.3) is 0 Å². The van der Waals surface area contributed by atoms with E-state index in [1.165, 1.54) is 12.4 Å². The lowest BCUT2D eigenvalue weighted by Gasteiger charge is -2.34. The van der Waals surface area contributed by atoms with Gasteiger partial charge < -0.3 is 5.32 Å². The summed E-state index contributed by atoms with van der Waals surface area (Å²) >= 11 is 0. The van der Waals surface area contributed by atoms with Gasteiger partial charge in [0.15, 0.2) is 0 Å². The Bertz CT molecular complexity index is 503. The zero-order valence-corrected chi connectivity index (χ0v) is 11.6. The number of likely N-dealkylation sites (N-methyl/N-ethyl adjacent to an activating group) is 1. The normalized spacial score (nSPS) is 25.4. The van der Waals surface area contributed by atoms with Crippen LogP contribution in [0.5, 0.6) is 0 Å². The molecule has 1 aliphatic rings. The van der Waals surface area contributed by atoms with Crippen molar-refractivity contribution >= 4 is 10.0 Å². The minimum atomic E-state index is -3.42. The van der Waals surface area contributed by atoms with Crippen molar-refractivity contribution in [2.75, 3.05) is 20.1 Å². The molecule has 100 valence electrons. The topological polar surface area (TPSA) is 62.3 Å². The second-order valence-electron chi connectivity index (χ2n) is 4.89. The predicted molar refractivity (Wildman–Crippen MR) is 69.7 cm³/mol. The summed E-state index contributed by atoms with van der Waals surface area (Å²) in [5.41, 5.74) is -0.336. The molecule has 6 heteroatoms. The Morgan fingerprint density at radius 1 is 1.44 bits per heavy atom. The van der Waals surface area contributed by atoms with Crippen LogP contribution in [0.1, 0.15) is 19.8 Å². The molecular weight excluding hydrogens is 250 g/mol. The first kappa shape index (κ1) is 13.5. The highest BCUT2D eigenvalue weighted by molar-refractivity contribution is 7.89. The maximum absolute atomic E-state index is 12.6. The first-order valence-electron chi connectivity index (χ1n) is 6.08. The average Bonchev–Trinajstić information content (AvgIpc) is 2.73. The molecule has 1 saturated heterocycles. The second kappa shape index (κ2) is 4.95. The van der Waals surface area contributed by atoms with Gasteiger partial charge in [-0.1, -0.05) is 0 Å². The highest BCUT2D eigenvalue weighted by atomic mass is 32.2. The summed E-state index contributed by atoms with van der Waals surface area (Å²) < 4.78 is 26.8. The monoisotopic (exact) mass is 269 g/mol. The number of rotatable bonds is 4. The van der Waals surface area contributed by atoms with Gasteiger partial charge >= 0.3 is 0 Å². The number of nitrogens with one attached hydrogen (secondary N) is 1. The number of aromatic nitrogens is 1. The van der Waals surface area contributed by atoms with Gasteiger partial charge in [-0.05, 0) is 38.9 Å². The maximum Gasteiger partial charge on any atom is 0.243 e. The van der Waals surface area contributed by atoms with E-state index >= 15 is 0 Å². The number of hydrogen-bond donors (Lipinski definition) is 1. The van der Waals surface area contributed by atoms with Gasteiger partial charge in [0.05, 0.1) is 4.90 Å². The molecule has 1 unspecified atom stereocenters. The van der Waals surface area contributed by atoms with Gasteiger partial charge in [0.1, 0.15) is 0 Å². The van der Waals surface area contributed by atoms with Gasteiger partial charge in [-0.3, -0.25) is 4.98 Å². The van der Waals surface area contributed by atoms with E-state index in [0.29, 0.717) is 18.0 Å². The molecule has 0 spiro atoms. The van der Waals surface area contributed by atoms with Crippen molar-refractivity contribution in [3.63, 3.8) is 0 Å². The molecule has 1 aromatic heterocycles. The fraction of sp³-hybridized carbons (Fsp3) is 0.583. The van der Waals surface area contributed by atoms with Crippen molar-refractivity contribution in [3.05, 3.63) is 24.5 Å². The molecule has 1 fully saturated rings. The molecule has 0 amide bonds. The Morgan fingerprint density at radius 3 is 2.72 bits per heavy atom. The third-order valence-electron chi connectivity index (χ3n) is 3.47. The summed E-state index contributed by atoms with van der Waals surface area (Å²) in [5.74, 6) is 0. The zero-order valence-electron chi connectivity index (χ0n) is 10.8. The molecule has 0 aromatic carbocycles. The van der Waals surface area contributed by atoms with E-state index in [2.05, 4.69) is 10.3 Å². The molecule has 0 bridgehead atoms. The molecule has 1 N–H and O–H groups in total. The molecule has 0 saturated carbocycles. The Kier molecular flexibility index (Phi) is 3.70. The van der Waals surface area contributed by atoms with Crippen molar-refractivity contribution in [1.29, 1.82) is 0 Å². The molecule has 1 atom stereocenters. The SMILES string of the molecule is CNCC1(C)CCCN1S(=O)(=O)c1ccncc1. The van der Waals surface area contributed by atoms with Crippen molar-refractivity contribution < 1.29 is 8.42 Å². The maximum atomic E-state index is 12.6. The van der Waals surface area contributed by atoms with Gasteiger partial charge in [-0.15, -0.1) is 0 Å². The van der Waals surface area contributed by atoms with E-state index < -0.39 is 10.0 Å². The van der Waals surface area contributed by atoms with E-state index in [-0.39, 0.29) is 5.54 Å². The molecule has 0 radical (unpaired) electrons. The van der Waals surface area contributed by atoms with Crippen molar-refractivity contribution in [2.24, 2.45) is 0 Å². The number of hydrogen-bond acceptors (Lipinski definition) is 4. The minimum absolute atomic E-state index is 0.321. The molecule has 1 aliphatic heterocycles. The van der Waals surface area contributed by atoms with E-state index in [1.807, 2.05) is 14.0 Å². The largest absolute Gasteiger partial charge is 0.318 e. The lowest BCUT2D eigenvalue weighted by Crippen LogP contribution is -2.50. The summed E-state index contributed by atoms with van der Waals surface area (Å²) in [6.45, 7) is 3.25. The summed E-state index contributed by atoms with van der Waals surface area (Å²) in [5, 5.41) is 3.09. The van der Waals surface area contributed by atoms with Crippen LogP contribution in [0.4, 0.5) is 0 Å². The smallest absolute Gasteiger partial charge is 0.243 e. The van der Waals surface area contributed by atoms with Crippen LogP contribution in [0, 0.1) is 0 Å². The first-order valence-corrected chi connectivity index (χ1v) is 7.52. The van der Waals surface area contributed by atoms with Crippen LogP contribution in [0.15, 0.2) is 29.4 Å². The average molecular weight is 269 g/mol. The quantitative estimate of drug-likeness (QED) is 0.880. The first-order chi connectivity index (χ1) is 8.50. The standard InChI is InChI=1S/C12H19N3O2S/c1-12(10-13-2)6-3-9-15(12)18(16,17)11-4-7-14-8-5-11/h4-5,7-8,13H,3,6,9-10H2,1-2H3. The Labute approximate surface area is 108 Å². The van der Waals surface area contributed by atoms with Crippen LogP contribution < -0.4 is 5.32 Å². The predicted octanol–water partition coefficient (Wildman–Crippen LogP) is 0.844. The second-order valence-corrected chi connectivity index (χ2v) is 6.75. The van der Waals surface area contributed by atoms with Crippen LogP contribution in [-0.4, -0.2) is 43.4 Å². The van der Waals surface area contributed by atoms with Gasteiger partial charge in [-0.2, -0.15) is 4.31 Å². The molecule has 18 heavy (non-hydrogen) atoms. The zero-order chi connectivity index (χ0) is 13.2. The molecule has 2 rings (SSSR count). The summed E-state index contributed by atoms with van der Waals surface area (Å²) in [6, 6.07) is 3.10. The third-order valence-corrected chi connectivity index (χ3v) is 5.55. The van der Waals surface area contributed by atoms with Crippen molar-refractivity contribution in [1.82, 2.24) is 14.6 Å². The number of pyridine rings is 1. The Hall–Kier alpha value is -0.980. The van der Waals surface area contributed by atoms with Crippen LogP contribution in [0.3, 0.4) is 0 Å². The molecule has 5 nitrogen and oxygen atoms in total. The van der Waals surface area contributed by atoms with Gasteiger partial charge in [0.2, 0.25) is 10.0 Å². The van der Waals surface area contributed by atoms with E-state index in [0.717, 1.165) is 12.8 Å². The van der Waals surface area contributed by atoms with E-state index in [4.69, 9.17) is 0 Å². The number of sulfonamides is 1. The molecule has 2 heterocycles. The summed E-state index contributed by atoms with van der Waals surface area (Å²) in [4.78, 5) is 4.18. The van der Waals surface area contributed by atoms with E-state index in [1.54, 1.807) is 16.4 Å². The highest BCUT2D eigenvalue weighted by Crippen LogP contribution is 2.33. The van der Waals surface area contributed by atoms with Crippen LogP contribution in [0.2, 0.25) is 0 Å². The van der Waals surface area contributed by atoms with Crippen molar-refractivity contribution in [2.45, 2.75) is 30.2 Å². The molecule has 1 aromatic rings.